The van der Waals surface area contributed by atoms with E-state index in [1.54, 1.807) is 0 Å². The molecule has 110 valence electrons. The molecule has 3 nitrogen and oxygen atoms in total. The third-order valence-corrected chi connectivity index (χ3v) is 4.18. The van der Waals surface area contributed by atoms with E-state index in [9.17, 15) is 5.11 Å². The molecule has 3 heteroatoms. The van der Waals surface area contributed by atoms with Gasteiger partial charge in [-0.2, -0.15) is 0 Å². The van der Waals surface area contributed by atoms with Crippen LogP contribution in [0.25, 0.3) is 0 Å². The number of fused-ring (bicyclic) bond motifs is 1. The number of nitrogens with one attached hydrogen (secondary N) is 1. The fourth-order valence-corrected chi connectivity index (χ4v) is 3.23. The lowest BCUT2D eigenvalue weighted by Crippen LogP contribution is -2.40. The van der Waals surface area contributed by atoms with E-state index in [2.05, 4.69) is 46.6 Å². The molecule has 3 rings (SSSR count). The number of hydrogen-bond donors (Lipinski definition) is 2. The summed E-state index contributed by atoms with van der Waals surface area (Å²) in [6.45, 7) is 1.54. The van der Waals surface area contributed by atoms with Gasteiger partial charge in [-0.1, -0.05) is 48.5 Å². The number of nitrogens with zero attached hydrogens (tertiary/aromatic N) is 1. The number of rotatable bonds is 5. The Kier molecular flexibility index (Phi) is 4.23. The molecule has 0 saturated carbocycles. The summed E-state index contributed by atoms with van der Waals surface area (Å²) < 4.78 is 0. The summed E-state index contributed by atoms with van der Waals surface area (Å²) in [6, 6.07) is 18.8. The lowest BCUT2D eigenvalue weighted by molar-refractivity contribution is 0.141. The number of aliphatic hydroxyl groups excluding tert-OH is 1. The molecule has 0 radical (unpaired) electrons. The van der Waals surface area contributed by atoms with E-state index in [0.29, 0.717) is 6.54 Å². The number of para-hydroxylation sites is 1. The van der Waals surface area contributed by atoms with Crippen LogP contribution in [0.15, 0.2) is 54.6 Å². The molecule has 2 aromatic carbocycles. The van der Waals surface area contributed by atoms with E-state index in [0.717, 1.165) is 18.5 Å². The average Bonchev–Trinajstić information content (AvgIpc) is 2.93. The van der Waals surface area contributed by atoms with E-state index in [4.69, 9.17) is 0 Å². The monoisotopic (exact) mass is 282 g/mol. The van der Waals surface area contributed by atoms with Crippen molar-refractivity contribution in [1.29, 1.82) is 0 Å². The number of aliphatic hydroxyl groups is 1. The largest absolute Gasteiger partial charge is 0.389 e. The fourth-order valence-electron chi connectivity index (χ4n) is 3.23. The quantitative estimate of drug-likeness (QED) is 0.884. The molecule has 2 atom stereocenters. The number of anilines is 1. The van der Waals surface area contributed by atoms with Gasteiger partial charge in [0.2, 0.25) is 0 Å². The average molecular weight is 282 g/mol. The highest BCUT2D eigenvalue weighted by molar-refractivity contribution is 5.59. The van der Waals surface area contributed by atoms with Crippen LogP contribution in [0.4, 0.5) is 5.69 Å². The Labute approximate surface area is 126 Å². The molecule has 2 N–H and O–H groups in total. The Morgan fingerprint density at radius 3 is 2.57 bits per heavy atom. The summed E-state index contributed by atoms with van der Waals surface area (Å²) in [6.07, 6.45) is 0.606. The van der Waals surface area contributed by atoms with Gasteiger partial charge in [0.25, 0.3) is 0 Å². The Morgan fingerprint density at radius 1 is 1.10 bits per heavy atom. The number of likely N-dealkylation sites (N-methyl/N-ethyl adjacent to an activating group) is 1. The highest BCUT2D eigenvalue weighted by Gasteiger charge is 2.31. The summed E-state index contributed by atoms with van der Waals surface area (Å²) in [5.41, 5.74) is 3.79. The zero-order chi connectivity index (χ0) is 14.7. The van der Waals surface area contributed by atoms with Crippen molar-refractivity contribution in [3.63, 3.8) is 0 Å². The van der Waals surface area contributed by atoms with Crippen LogP contribution in [0.1, 0.15) is 17.2 Å². The molecule has 2 unspecified atom stereocenters. The fraction of sp³-hybridized carbons (Fsp3) is 0.333. The molecule has 0 aliphatic carbocycles. The van der Waals surface area contributed by atoms with E-state index >= 15 is 0 Å². The zero-order valence-electron chi connectivity index (χ0n) is 12.4. The van der Waals surface area contributed by atoms with Crippen LogP contribution in [0.3, 0.4) is 0 Å². The molecule has 1 aliphatic heterocycles. The van der Waals surface area contributed by atoms with Gasteiger partial charge >= 0.3 is 0 Å². The van der Waals surface area contributed by atoms with Crippen molar-refractivity contribution < 1.29 is 5.11 Å². The smallest absolute Gasteiger partial charge is 0.0909 e. The lowest BCUT2D eigenvalue weighted by atomic mass is 9.99. The van der Waals surface area contributed by atoms with Crippen LogP contribution in [-0.2, 0) is 6.42 Å². The first kappa shape index (κ1) is 14.1. The Hall–Kier alpha value is -1.84. The molecular weight excluding hydrogens is 260 g/mol. The van der Waals surface area contributed by atoms with Crippen LogP contribution in [-0.4, -0.2) is 31.3 Å². The molecule has 1 heterocycles. The SMILES string of the molecule is CNCC(O)C(c1ccccc1)N1CCc2ccccc21. The highest BCUT2D eigenvalue weighted by atomic mass is 16.3. The topological polar surface area (TPSA) is 35.5 Å². The maximum Gasteiger partial charge on any atom is 0.0909 e. The second-order valence-electron chi connectivity index (χ2n) is 5.55. The van der Waals surface area contributed by atoms with E-state index < -0.39 is 6.10 Å². The first-order valence-corrected chi connectivity index (χ1v) is 7.53. The van der Waals surface area contributed by atoms with Gasteiger partial charge in [0.05, 0.1) is 12.1 Å². The molecule has 0 spiro atoms. The minimum absolute atomic E-state index is 0.0118. The van der Waals surface area contributed by atoms with Gasteiger partial charge in [0.1, 0.15) is 0 Å². The molecule has 0 fully saturated rings. The van der Waals surface area contributed by atoms with Crippen molar-refractivity contribution in [2.24, 2.45) is 0 Å². The maximum absolute atomic E-state index is 10.6. The predicted octanol–water partition coefficient (Wildman–Crippen LogP) is 2.37. The van der Waals surface area contributed by atoms with Crippen LogP contribution >= 0.6 is 0 Å². The van der Waals surface area contributed by atoms with Gasteiger partial charge in [-0.3, -0.25) is 0 Å². The van der Waals surface area contributed by atoms with Crippen LogP contribution in [0, 0.1) is 0 Å². The maximum atomic E-state index is 10.6. The minimum atomic E-state index is -0.441. The summed E-state index contributed by atoms with van der Waals surface area (Å²) >= 11 is 0. The van der Waals surface area contributed by atoms with Crippen molar-refractivity contribution in [3.05, 3.63) is 65.7 Å². The molecule has 1 aliphatic rings. The third kappa shape index (κ3) is 2.80. The number of benzene rings is 2. The van der Waals surface area contributed by atoms with Gasteiger partial charge in [0, 0.05) is 18.8 Å². The Balaban J connectivity index is 1.97. The van der Waals surface area contributed by atoms with Crippen molar-refractivity contribution in [1.82, 2.24) is 5.32 Å². The van der Waals surface area contributed by atoms with Crippen LogP contribution < -0.4 is 10.2 Å². The molecular formula is C18H22N2O. The molecule has 0 aromatic heterocycles. The lowest BCUT2D eigenvalue weighted by Gasteiger charge is -2.34. The second kappa shape index (κ2) is 6.29. The summed E-state index contributed by atoms with van der Waals surface area (Å²) in [5, 5.41) is 13.7. The summed E-state index contributed by atoms with van der Waals surface area (Å²) in [5.74, 6) is 0. The third-order valence-electron chi connectivity index (χ3n) is 4.18. The molecule has 0 saturated heterocycles. The molecule has 0 bridgehead atoms. The van der Waals surface area contributed by atoms with Gasteiger partial charge < -0.3 is 15.3 Å². The van der Waals surface area contributed by atoms with Crippen LogP contribution in [0.5, 0.6) is 0 Å². The van der Waals surface area contributed by atoms with Crippen molar-refractivity contribution in [2.75, 3.05) is 25.0 Å². The van der Waals surface area contributed by atoms with Gasteiger partial charge in [-0.25, -0.2) is 0 Å². The summed E-state index contributed by atoms with van der Waals surface area (Å²) in [7, 11) is 1.88. The van der Waals surface area contributed by atoms with E-state index in [-0.39, 0.29) is 6.04 Å². The minimum Gasteiger partial charge on any atom is -0.389 e. The predicted molar refractivity (Wildman–Crippen MR) is 86.6 cm³/mol. The van der Waals surface area contributed by atoms with E-state index in [1.165, 1.54) is 11.3 Å². The first-order chi connectivity index (χ1) is 10.3. The molecule has 2 aromatic rings. The van der Waals surface area contributed by atoms with Crippen molar-refractivity contribution in [2.45, 2.75) is 18.6 Å². The highest BCUT2D eigenvalue weighted by Crippen LogP contribution is 2.36. The second-order valence-corrected chi connectivity index (χ2v) is 5.55. The summed E-state index contributed by atoms with van der Waals surface area (Å²) in [4.78, 5) is 2.34. The van der Waals surface area contributed by atoms with Gasteiger partial charge in [-0.15, -0.1) is 0 Å². The molecule has 0 amide bonds. The van der Waals surface area contributed by atoms with Crippen LogP contribution in [0.2, 0.25) is 0 Å². The van der Waals surface area contributed by atoms with Crippen molar-refractivity contribution >= 4 is 5.69 Å². The number of hydrogen-bond acceptors (Lipinski definition) is 3. The van der Waals surface area contributed by atoms with Gasteiger partial charge in [0.15, 0.2) is 0 Å². The Morgan fingerprint density at radius 2 is 1.81 bits per heavy atom. The molecule has 21 heavy (non-hydrogen) atoms. The standard InChI is InChI=1S/C18H22N2O/c1-19-13-17(21)18(15-8-3-2-4-9-15)20-12-11-14-7-5-6-10-16(14)20/h2-10,17-19,21H,11-13H2,1H3. The first-order valence-electron chi connectivity index (χ1n) is 7.53. The normalized spacial score (nSPS) is 16.6. The Bertz CT molecular complexity index is 585. The zero-order valence-corrected chi connectivity index (χ0v) is 12.4. The van der Waals surface area contributed by atoms with Crippen molar-refractivity contribution in [3.8, 4) is 0 Å². The van der Waals surface area contributed by atoms with Gasteiger partial charge in [-0.05, 0) is 30.7 Å². The van der Waals surface area contributed by atoms with E-state index in [1.807, 2.05) is 25.2 Å².